The number of hydrogen-bond acceptors (Lipinski definition) is 6. The summed E-state index contributed by atoms with van der Waals surface area (Å²) in [5.41, 5.74) is 7.33. The highest BCUT2D eigenvalue weighted by atomic mass is 79.9. The molecule has 6 nitrogen and oxygen atoms in total. The zero-order valence-electron chi connectivity index (χ0n) is 10.1. The highest BCUT2D eigenvalue weighted by molar-refractivity contribution is 9.11. The zero-order valence-corrected chi connectivity index (χ0v) is 12.5. The van der Waals surface area contributed by atoms with Crippen LogP contribution in [0.3, 0.4) is 0 Å². The Balaban J connectivity index is 2.26. The quantitative estimate of drug-likeness (QED) is 0.384. The van der Waals surface area contributed by atoms with E-state index in [4.69, 9.17) is 10.9 Å². The minimum atomic E-state index is 0.0169. The largest absolute Gasteiger partial charge is 0.409 e. The summed E-state index contributed by atoms with van der Waals surface area (Å²) in [6, 6.07) is 3.71. The third-order valence-corrected chi connectivity index (χ3v) is 4.04. The first-order valence-corrected chi connectivity index (χ1v) is 7.02. The molecule has 0 saturated heterocycles. The fourth-order valence-corrected chi connectivity index (χ4v) is 2.84. The van der Waals surface area contributed by atoms with E-state index >= 15 is 0 Å². The lowest BCUT2D eigenvalue weighted by Gasteiger charge is -2.19. The molecule has 0 unspecified atom stereocenters. The summed E-state index contributed by atoms with van der Waals surface area (Å²) in [4.78, 5) is 1.90. The van der Waals surface area contributed by atoms with E-state index in [0.29, 0.717) is 17.9 Å². The Labute approximate surface area is 122 Å². The van der Waals surface area contributed by atoms with Gasteiger partial charge in [0.15, 0.2) is 11.7 Å². The molecule has 0 bridgehead atoms. The number of nitrogens with zero attached hydrogens (tertiary/aromatic N) is 4. The van der Waals surface area contributed by atoms with Gasteiger partial charge in [0.1, 0.15) is 0 Å². The third-order valence-electron chi connectivity index (χ3n) is 2.49. The summed E-state index contributed by atoms with van der Waals surface area (Å²) < 4.78 is 1.08. The van der Waals surface area contributed by atoms with Gasteiger partial charge in [0.2, 0.25) is 0 Å². The van der Waals surface area contributed by atoms with Crippen LogP contribution in [0, 0.1) is 0 Å². The number of oxime groups is 1. The Bertz CT molecular complexity index is 600. The van der Waals surface area contributed by atoms with E-state index in [9.17, 15) is 0 Å². The number of amidine groups is 1. The summed E-state index contributed by atoms with van der Waals surface area (Å²) in [7, 11) is 1.88. The Hall–Kier alpha value is -1.67. The van der Waals surface area contributed by atoms with Crippen LogP contribution in [0.25, 0.3) is 0 Å². The molecule has 0 fully saturated rings. The standard InChI is InChI=1S/C11H12BrN5OS/c1-17(5-7-4-9(12)19-6-7)11-8(10(13)16-18)2-3-14-15-11/h2-4,6,18H,5H2,1H3,(H2,13,16). The molecule has 0 amide bonds. The SMILES string of the molecule is CN(Cc1csc(Br)c1)c1nnccc1/C(N)=N/O. The van der Waals surface area contributed by atoms with Crippen molar-refractivity contribution in [3.63, 3.8) is 0 Å². The number of aromatic nitrogens is 2. The Kier molecular flexibility index (Phi) is 4.33. The van der Waals surface area contributed by atoms with Crippen LogP contribution in [0.2, 0.25) is 0 Å². The van der Waals surface area contributed by atoms with Crippen LogP contribution < -0.4 is 10.6 Å². The van der Waals surface area contributed by atoms with Crippen LogP contribution in [0.4, 0.5) is 5.82 Å². The number of anilines is 1. The maximum atomic E-state index is 8.78. The topological polar surface area (TPSA) is 87.6 Å². The van der Waals surface area contributed by atoms with E-state index < -0.39 is 0 Å². The monoisotopic (exact) mass is 341 g/mol. The van der Waals surface area contributed by atoms with Crippen molar-refractivity contribution < 1.29 is 5.21 Å². The lowest BCUT2D eigenvalue weighted by Crippen LogP contribution is -2.24. The molecule has 0 aliphatic heterocycles. The fourth-order valence-electron chi connectivity index (χ4n) is 1.64. The molecule has 0 spiro atoms. The van der Waals surface area contributed by atoms with Crippen LogP contribution in [0.5, 0.6) is 0 Å². The van der Waals surface area contributed by atoms with Gasteiger partial charge in [-0.2, -0.15) is 5.10 Å². The summed E-state index contributed by atoms with van der Waals surface area (Å²) in [5, 5.41) is 21.7. The van der Waals surface area contributed by atoms with Crippen LogP contribution in [-0.4, -0.2) is 28.3 Å². The van der Waals surface area contributed by atoms with E-state index in [0.717, 1.165) is 9.35 Å². The molecule has 0 aliphatic rings. The van der Waals surface area contributed by atoms with Crippen LogP contribution in [0.15, 0.2) is 32.7 Å². The van der Waals surface area contributed by atoms with Gasteiger partial charge in [-0.05, 0) is 39.0 Å². The number of thiophene rings is 1. The van der Waals surface area contributed by atoms with Crippen molar-refractivity contribution in [3.05, 3.63) is 38.6 Å². The molecule has 2 aromatic rings. The van der Waals surface area contributed by atoms with Gasteiger partial charge in [-0.1, -0.05) is 5.16 Å². The minimum Gasteiger partial charge on any atom is -0.409 e. The van der Waals surface area contributed by atoms with E-state index in [1.807, 2.05) is 18.0 Å². The molecule has 0 atom stereocenters. The van der Waals surface area contributed by atoms with Crippen molar-refractivity contribution in [1.29, 1.82) is 0 Å². The number of halogens is 1. The van der Waals surface area contributed by atoms with Gasteiger partial charge >= 0.3 is 0 Å². The van der Waals surface area contributed by atoms with E-state index in [1.54, 1.807) is 17.4 Å². The molecular weight excluding hydrogens is 330 g/mol. The third kappa shape index (κ3) is 3.21. The molecule has 3 N–H and O–H groups in total. The van der Waals surface area contributed by atoms with Crippen molar-refractivity contribution >= 4 is 38.9 Å². The second-order valence-corrected chi connectivity index (χ2v) is 6.16. The first kappa shape index (κ1) is 13.8. The van der Waals surface area contributed by atoms with Crippen molar-refractivity contribution in [1.82, 2.24) is 10.2 Å². The number of rotatable bonds is 4. The predicted molar refractivity (Wildman–Crippen MR) is 78.7 cm³/mol. The van der Waals surface area contributed by atoms with Crippen molar-refractivity contribution in [2.75, 3.05) is 11.9 Å². The highest BCUT2D eigenvalue weighted by Gasteiger charge is 2.13. The summed E-state index contributed by atoms with van der Waals surface area (Å²) in [6.07, 6.45) is 1.51. The lowest BCUT2D eigenvalue weighted by molar-refractivity contribution is 0.318. The molecule has 0 aliphatic carbocycles. The molecule has 0 aromatic carbocycles. The maximum absolute atomic E-state index is 8.78. The van der Waals surface area contributed by atoms with Crippen LogP contribution in [-0.2, 0) is 6.54 Å². The molecule has 2 aromatic heterocycles. The second-order valence-electron chi connectivity index (χ2n) is 3.87. The molecule has 19 heavy (non-hydrogen) atoms. The zero-order chi connectivity index (χ0) is 13.8. The Morgan fingerprint density at radius 2 is 2.42 bits per heavy atom. The smallest absolute Gasteiger partial charge is 0.173 e. The van der Waals surface area contributed by atoms with Crippen LogP contribution >= 0.6 is 27.3 Å². The Morgan fingerprint density at radius 1 is 1.63 bits per heavy atom. The van der Waals surface area contributed by atoms with E-state index in [1.165, 1.54) is 6.20 Å². The molecule has 2 heterocycles. The van der Waals surface area contributed by atoms with Gasteiger partial charge in [-0.3, -0.25) is 0 Å². The second kappa shape index (κ2) is 5.98. The Morgan fingerprint density at radius 3 is 3.05 bits per heavy atom. The van der Waals surface area contributed by atoms with Gasteiger partial charge in [0, 0.05) is 13.6 Å². The lowest BCUT2D eigenvalue weighted by atomic mass is 10.2. The first-order chi connectivity index (χ1) is 9.11. The van der Waals surface area contributed by atoms with Crippen LogP contribution in [0.1, 0.15) is 11.1 Å². The summed E-state index contributed by atoms with van der Waals surface area (Å²) in [5.74, 6) is 0.586. The van der Waals surface area contributed by atoms with Crippen molar-refractivity contribution in [3.8, 4) is 0 Å². The first-order valence-electron chi connectivity index (χ1n) is 5.35. The average Bonchev–Trinajstić information content (AvgIpc) is 2.83. The molecule has 8 heteroatoms. The van der Waals surface area contributed by atoms with Gasteiger partial charge in [0.05, 0.1) is 15.5 Å². The van der Waals surface area contributed by atoms with Gasteiger partial charge in [-0.25, -0.2) is 0 Å². The van der Waals surface area contributed by atoms with Crippen molar-refractivity contribution in [2.24, 2.45) is 10.9 Å². The summed E-state index contributed by atoms with van der Waals surface area (Å²) in [6.45, 7) is 0.659. The van der Waals surface area contributed by atoms with E-state index in [2.05, 4.69) is 36.7 Å². The maximum Gasteiger partial charge on any atom is 0.173 e. The van der Waals surface area contributed by atoms with Crippen molar-refractivity contribution in [2.45, 2.75) is 6.54 Å². The van der Waals surface area contributed by atoms with E-state index in [-0.39, 0.29) is 5.84 Å². The van der Waals surface area contributed by atoms with Gasteiger partial charge in [0.25, 0.3) is 0 Å². The van der Waals surface area contributed by atoms with Gasteiger partial charge < -0.3 is 15.8 Å². The summed E-state index contributed by atoms with van der Waals surface area (Å²) >= 11 is 5.05. The molecular formula is C11H12BrN5OS. The molecule has 100 valence electrons. The average molecular weight is 342 g/mol. The fraction of sp³-hybridized carbons (Fsp3) is 0.182. The normalized spacial score (nSPS) is 11.6. The minimum absolute atomic E-state index is 0.0169. The number of hydrogen-bond donors (Lipinski definition) is 2. The molecule has 0 radical (unpaired) electrons. The highest BCUT2D eigenvalue weighted by Crippen LogP contribution is 2.23. The molecule has 2 rings (SSSR count). The predicted octanol–water partition coefficient (Wildman–Crippen LogP) is 2.03. The molecule has 0 saturated carbocycles. The van der Waals surface area contributed by atoms with Gasteiger partial charge in [-0.15, -0.1) is 16.4 Å². The number of nitrogens with two attached hydrogens (primary N) is 1.